The highest BCUT2D eigenvalue weighted by atomic mass is 35.5. The van der Waals surface area contributed by atoms with Gasteiger partial charge in [0.1, 0.15) is 17.0 Å². The summed E-state index contributed by atoms with van der Waals surface area (Å²) in [7, 11) is 0. The molecule has 2 fully saturated rings. The first-order valence-corrected chi connectivity index (χ1v) is 9.82. The third-order valence-electron chi connectivity index (χ3n) is 6.17. The van der Waals surface area contributed by atoms with Crippen LogP contribution in [0.3, 0.4) is 0 Å². The summed E-state index contributed by atoms with van der Waals surface area (Å²) in [4.78, 5) is 11.8. The van der Waals surface area contributed by atoms with E-state index in [1.165, 1.54) is 38.5 Å². The van der Waals surface area contributed by atoms with Gasteiger partial charge in [0.25, 0.3) is 0 Å². The van der Waals surface area contributed by atoms with Crippen molar-refractivity contribution in [2.45, 2.75) is 38.5 Å². The van der Waals surface area contributed by atoms with Gasteiger partial charge in [0, 0.05) is 23.7 Å². The molecule has 0 amide bonds. The minimum atomic E-state index is 0.613. The van der Waals surface area contributed by atoms with Crippen LogP contribution in [-0.2, 0) is 0 Å². The Balaban J connectivity index is 1.41. The fourth-order valence-electron chi connectivity index (χ4n) is 4.62. The number of hydrogen-bond acceptors (Lipinski definition) is 4. The number of rotatable bonds is 2. The lowest BCUT2D eigenvalue weighted by molar-refractivity contribution is 0.226. The van der Waals surface area contributed by atoms with Crippen LogP contribution in [0.15, 0.2) is 30.5 Å². The summed E-state index contributed by atoms with van der Waals surface area (Å²) in [5.41, 5.74) is 3.89. The van der Waals surface area contributed by atoms with Crippen molar-refractivity contribution in [2.24, 2.45) is 5.41 Å². The number of halogens is 1. The van der Waals surface area contributed by atoms with E-state index in [-0.39, 0.29) is 0 Å². The van der Waals surface area contributed by atoms with E-state index in [2.05, 4.69) is 20.1 Å². The SMILES string of the molecule is Clc1cccc(-c2n[nH]c3nc(N4CCC5(CCCC5)CC4)cnc23)c1. The Morgan fingerprint density at radius 2 is 1.88 bits per heavy atom. The van der Waals surface area contributed by atoms with Crippen LogP contribution in [0, 0.1) is 5.41 Å². The van der Waals surface area contributed by atoms with Gasteiger partial charge < -0.3 is 4.90 Å². The maximum Gasteiger partial charge on any atom is 0.177 e. The molecule has 5 nitrogen and oxygen atoms in total. The van der Waals surface area contributed by atoms with E-state index < -0.39 is 0 Å². The lowest BCUT2D eigenvalue weighted by atomic mass is 9.77. The molecule has 1 aromatic carbocycles. The minimum absolute atomic E-state index is 0.613. The Labute approximate surface area is 157 Å². The standard InChI is InChI=1S/C20H22ClN5/c21-15-5-3-4-14(12-15)17-18-19(25-24-17)23-16(13-22-18)26-10-8-20(9-11-26)6-1-2-7-20/h3-5,12-13H,1-2,6-11H2,(H,23,24,25). The topological polar surface area (TPSA) is 57.7 Å². The number of anilines is 1. The Bertz CT molecular complexity index is 934. The van der Waals surface area contributed by atoms with E-state index in [9.17, 15) is 0 Å². The molecular weight excluding hydrogens is 346 g/mol. The fourth-order valence-corrected chi connectivity index (χ4v) is 4.81. The maximum atomic E-state index is 6.11. The third-order valence-corrected chi connectivity index (χ3v) is 6.40. The van der Waals surface area contributed by atoms with Crippen molar-refractivity contribution in [2.75, 3.05) is 18.0 Å². The zero-order valence-corrected chi connectivity index (χ0v) is 15.5. The molecule has 2 aliphatic rings. The van der Waals surface area contributed by atoms with Crippen LogP contribution in [0.4, 0.5) is 5.82 Å². The maximum absolute atomic E-state index is 6.11. The molecule has 5 rings (SSSR count). The monoisotopic (exact) mass is 367 g/mol. The molecule has 1 N–H and O–H groups in total. The first-order chi connectivity index (χ1) is 12.7. The Hall–Kier alpha value is -2.14. The van der Waals surface area contributed by atoms with Crippen LogP contribution in [0.1, 0.15) is 38.5 Å². The smallest absolute Gasteiger partial charge is 0.177 e. The normalized spacial score (nSPS) is 19.5. The molecular formula is C20H22ClN5. The molecule has 2 aromatic heterocycles. The van der Waals surface area contributed by atoms with Gasteiger partial charge in [-0.25, -0.2) is 9.97 Å². The number of piperidine rings is 1. The number of benzene rings is 1. The van der Waals surface area contributed by atoms with Crippen LogP contribution in [0.25, 0.3) is 22.4 Å². The van der Waals surface area contributed by atoms with Gasteiger partial charge in [-0.05, 0) is 43.2 Å². The van der Waals surface area contributed by atoms with Crippen LogP contribution in [0.2, 0.25) is 5.02 Å². The van der Waals surface area contributed by atoms with Crippen molar-refractivity contribution in [3.8, 4) is 11.3 Å². The second-order valence-corrected chi connectivity index (χ2v) is 8.14. The molecule has 1 saturated carbocycles. The summed E-state index contributed by atoms with van der Waals surface area (Å²) >= 11 is 6.11. The van der Waals surface area contributed by atoms with E-state index in [0.29, 0.717) is 10.4 Å². The molecule has 1 saturated heterocycles. The van der Waals surface area contributed by atoms with Gasteiger partial charge in [-0.3, -0.25) is 5.10 Å². The van der Waals surface area contributed by atoms with Crippen LogP contribution in [0.5, 0.6) is 0 Å². The van der Waals surface area contributed by atoms with Gasteiger partial charge in [-0.2, -0.15) is 5.10 Å². The molecule has 26 heavy (non-hydrogen) atoms. The molecule has 6 heteroatoms. The third kappa shape index (κ3) is 2.75. The number of aromatic nitrogens is 4. The Morgan fingerprint density at radius 3 is 2.65 bits per heavy atom. The summed E-state index contributed by atoms with van der Waals surface area (Å²) in [5, 5.41) is 8.16. The van der Waals surface area contributed by atoms with Crippen molar-refractivity contribution in [3.63, 3.8) is 0 Å². The molecule has 1 spiro atoms. The van der Waals surface area contributed by atoms with E-state index >= 15 is 0 Å². The predicted octanol–water partition coefficient (Wildman–Crippen LogP) is 4.83. The molecule has 0 atom stereocenters. The number of nitrogens with zero attached hydrogens (tertiary/aromatic N) is 4. The lowest BCUT2D eigenvalue weighted by Crippen LogP contribution is -2.39. The van der Waals surface area contributed by atoms with E-state index in [1.54, 1.807) is 0 Å². The highest BCUT2D eigenvalue weighted by molar-refractivity contribution is 6.30. The highest BCUT2D eigenvalue weighted by Gasteiger charge is 2.37. The average molecular weight is 368 g/mol. The molecule has 0 bridgehead atoms. The van der Waals surface area contributed by atoms with Gasteiger partial charge in [0.05, 0.1) is 6.20 Å². The predicted molar refractivity (Wildman–Crippen MR) is 104 cm³/mol. The van der Waals surface area contributed by atoms with Crippen LogP contribution < -0.4 is 4.90 Å². The van der Waals surface area contributed by atoms with E-state index in [0.717, 1.165) is 41.3 Å². The lowest BCUT2D eigenvalue weighted by Gasteiger charge is -2.39. The van der Waals surface area contributed by atoms with Gasteiger partial charge in [0.15, 0.2) is 5.65 Å². The first-order valence-electron chi connectivity index (χ1n) is 9.45. The van der Waals surface area contributed by atoms with Crippen LogP contribution in [-0.4, -0.2) is 33.3 Å². The van der Waals surface area contributed by atoms with E-state index in [1.807, 2.05) is 30.5 Å². The summed E-state index contributed by atoms with van der Waals surface area (Å²) in [6.45, 7) is 2.16. The number of H-pyrrole nitrogens is 1. The molecule has 1 aliphatic heterocycles. The Morgan fingerprint density at radius 1 is 1.08 bits per heavy atom. The molecule has 0 radical (unpaired) electrons. The van der Waals surface area contributed by atoms with Gasteiger partial charge in [-0.15, -0.1) is 0 Å². The van der Waals surface area contributed by atoms with Crippen molar-refractivity contribution in [3.05, 3.63) is 35.5 Å². The largest absolute Gasteiger partial charge is 0.355 e. The second kappa shape index (κ2) is 6.23. The first kappa shape index (κ1) is 16.1. The average Bonchev–Trinajstić information content (AvgIpc) is 3.29. The number of aromatic amines is 1. The number of nitrogens with one attached hydrogen (secondary N) is 1. The summed E-state index contributed by atoms with van der Waals surface area (Å²) in [6, 6.07) is 7.67. The van der Waals surface area contributed by atoms with Crippen molar-refractivity contribution in [1.29, 1.82) is 0 Å². The second-order valence-electron chi connectivity index (χ2n) is 7.70. The molecule has 3 aromatic rings. The summed E-state index contributed by atoms with van der Waals surface area (Å²) in [5.74, 6) is 0.951. The number of hydrogen-bond donors (Lipinski definition) is 1. The van der Waals surface area contributed by atoms with Gasteiger partial charge in [-0.1, -0.05) is 36.6 Å². The molecule has 134 valence electrons. The Kier molecular flexibility index (Phi) is 3.85. The molecule has 1 aliphatic carbocycles. The van der Waals surface area contributed by atoms with Crippen LogP contribution >= 0.6 is 11.6 Å². The molecule has 0 unspecified atom stereocenters. The van der Waals surface area contributed by atoms with E-state index in [4.69, 9.17) is 16.6 Å². The zero-order valence-electron chi connectivity index (χ0n) is 14.7. The van der Waals surface area contributed by atoms with Crippen molar-refractivity contribution >= 4 is 28.6 Å². The number of fused-ring (bicyclic) bond motifs is 1. The highest BCUT2D eigenvalue weighted by Crippen LogP contribution is 2.46. The quantitative estimate of drug-likeness (QED) is 0.704. The van der Waals surface area contributed by atoms with Gasteiger partial charge >= 0.3 is 0 Å². The zero-order chi connectivity index (χ0) is 17.6. The van der Waals surface area contributed by atoms with Gasteiger partial charge in [0.2, 0.25) is 0 Å². The summed E-state index contributed by atoms with van der Waals surface area (Å²) in [6.07, 6.45) is 10.1. The fraction of sp³-hybridized carbons (Fsp3) is 0.450. The van der Waals surface area contributed by atoms with Crippen molar-refractivity contribution in [1.82, 2.24) is 20.2 Å². The summed E-state index contributed by atoms with van der Waals surface area (Å²) < 4.78 is 0. The molecule has 3 heterocycles. The van der Waals surface area contributed by atoms with Crippen molar-refractivity contribution < 1.29 is 0 Å². The minimum Gasteiger partial charge on any atom is -0.355 e.